The highest BCUT2D eigenvalue weighted by Crippen LogP contribution is 2.39. The van der Waals surface area contributed by atoms with Crippen molar-refractivity contribution in [3.8, 4) is 11.5 Å². The minimum atomic E-state index is 0.234. The molecule has 2 heterocycles. The van der Waals surface area contributed by atoms with Gasteiger partial charge in [0.15, 0.2) is 12.2 Å². The van der Waals surface area contributed by atoms with Crippen molar-refractivity contribution in [2.75, 3.05) is 5.32 Å². The topological polar surface area (TPSA) is 66.7 Å². The predicted octanol–water partition coefficient (Wildman–Crippen LogP) is 6.12. The Morgan fingerprint density at radius 3 is 3.04 bits per heavy atom. The smallest absolute Gasteiger partial charge is 0.181 e. The molecule has 1 unspecified atom stereocenters. The quantitative estimate of drug-likeness (QED) is 0.400. The average molecular weight is 444 g/mol. The Morgan fingerprint density at radius 2 is 2.19 bits per heavy atom. The number of nitrogens with zero attached hydrogens (tertiary/aromatic N) is 2. The Morgan fingerprint density at radius 1 is 1.26 bits per heavy atom. The van der Waals surface area contributed by atoms with Crippen LogP contribution in [-0.2, 0) is 6.42 Å². The summed E-state index contributed by atoms with van der Waals surface area (Å²) < 4.78 is 6.37. The first-order valence-electron chi connectivity index (χ1n) is 8.81. The number of nitrogens with one attached hydrogen (secondary N) is 2. The summed E-state index contributed by atoms with van der Waals surface area (Å²) in [6, 6.07) is 10.6. The average Bonchev–Trinajstić information content (AvgIpc) is 3.34. The standard InChI is InChI=1S/C20H16BrClN4O/c21-15-6-5-12-13(19(15)22)2-1-3-16(12)24-11-4-7-17-14(8-11)20(26-25-17)18-9-23-10-27-18/h4-10,16,24H,1-3H2,(H,25,26). The lowest BCUT2D eigenvalue weighted by Crippen LogP contribution is -2.17. The van der Waals surface area contributed by atoms with Crippen molar-refractivity contribution >= 4 is 44.1 Å². The van der Waals surface area contributed by atoms with Crippen LogP contribution in [0.2, 0.25) is 5.02 Å². The van der Waals surface area contributed by atoms with Crippen LogP contribution < -0.4 is 5.32 Å². The highest BCUT2D eigenvalue weighted by Gasteiger charge is 2.23. The molecule has 2 aromatic heterocycles. The van der Waals surface area contributed by atoms with Gasteiger partial charge in [0, 0.05) is 15.5 Å². The lowest BCUT2D eigenvalue weighted by molar-refractivity contribution is 0.570. The van der Waals surface area contributed by atoms with Crippen LogP contribution in [0.4, 0.5) is 5.69 Å². The van der Waals surface area contributed by atoms with Crippen LogP contribution in [0.3, 0.4) is 0 Å². The van der Waals surface area contributed by atoms with Crippen LogP contribution in [0, 0.1) is 0 Å². The molecule has 0 saturated heterocycles. The number of aromatic amines is 1. The summed E-state index contributed by atoms with van der Waals surface area (Å²) in [7, 11) is 0. The highest BCUT2D eigenvalue weighted by atomic mass is 79.9. The van der Waals surface area contributed by atoms with Crippen molar-refractivity contribution in [1.29, 1.82) is 0 Å². The molecule has 27 heavy (non-hydrogen) atoms. The molecule has 5 nitrogen and oxygen atoms in total. The van der Waals surface area contributed by atoms with E-state index in [1.165, 1.54) is 17.5 Å². The molecule has 2 aromatic carbocycles. The van der Waals surface area contributed by atoms with Gasteiger partial charge in [0.1, 0.15) is 5.69 Å². The Labute approximate surface area is 169 Å². The van der Waals surface area contributed by atoms with E-state index in [1.807, 2.05) is 12.1 Å². The first-order chi connectivity index (χ1) is 13.2. The molecular weight excluding hydrogens is 428 g/mol. The van der Waals surface area contributed by atoms with E-state index < -0.39 is 0 Å². The number of halogens is 2. The van der Waals surface area contributed by atoms with Gasteiger partial charge in [-0.2, -0.15) is 5.10 Å². The van der Waals surface area contributed by atoms with E-state index in [1.54, 1.807) is 6.20 Å². The van der Waals surface area contributed by atoms with E-state index in [9.17, 15) is 0 Å². The Kier molecular flexibility index (Phi) is 4.17. The number of oxazole rings is 1. The Hall–Kier alpha value is -2.31. The third-order valence-electron chi connectivity index (χ3n) is 5.10. The molecule has 1 aliphatic rings. The zero-order chi connectivity index (χ0) is 18.4. The molecule has 0 aliphatic heterocycles. The highest BCUT2D eigenvalue weighted by molar-refractivity contribution is 9.10. The molecule has 1 aliphatic carbocycles. The van der Waals surface area contributed by atoms with Crippen LogP contribution >= 0.6 is 27.5 Å². The van der Waals surface area contributed by atoms with E-state index in [4.69, 9.17) is 16.0 Å². The number of fused-ring (bicyclic) bond motifs is 2. The second kappa shape index (κ2) is 6.69. The molecule has 136 valence electrons. The number of H-pyrrole nitrogens is 1. The van der Waals surface area contributed by atoms with Crippen molar-refractivity contribution in [3.63, 3.8) is 0 Å². The minimum Gasteiger partial charge on any atom is -0.442 e. The summed E-state index contributed by atoms with van der Waals surface area (Å²) in [6.45, 7) is 0. The largest absolute Gasteiger partial charge is 0.442 e. The predicted molar refractivity (Wildman–Crippen MR) is 110 cm³/mol. The second-order valence-electron chi connectivity index (χ2n) is 6.72. The number of hydrogen-bond acceptors (Lipinski definition) is 4. The van der Waals surface area contributed by atoms with E-state index in [-0.39, 0.29) is 6.04 Å². The SMILES string of the molecule is Clc1c(Br)ccc2c1CCCC2Nc1ccc2[nH]nc(-c3cnco3)c2c1. The Bertz CT molecular complexity index is 1120. The van der Waals surface area contributed by atoms with Crippen molar-refractivity contribution < 1.29 is 4.42 Å². The maximum atomic E-state index is 6.52. The van der Waals surface area contributed by atoms with Gasteiger partial charge in [0.2, 0.25) is 0 Å². The maximum Gasteiger partial charge on any atom is 0.181 e. The summed E-state index contributed by atoms with van der Waals surface area (Å²) >= 11 is 10.1. The van der Waals surface area contributed by atoms with Gasteiger partial charge in [0.25, 0.3) is 0 Å². The number of rotatable bonds is 3. The van der Waals surface area contributed by atoms with Gasteiger partial charge in [-0.25, -0.2) is 4.98 Å². The number of aromatic nitrogens is 3. The van der Waals surface area contributed by atoms with Gasteiger partial charge in [-0.15, -0.1) is 0 Å². The van der Waals surface area contributed by atoms with Crippen molar-refractivity contribution in [2.24, 2.45) is 0 Å². The van der Waals surface area contributed by atoms with Crippen LogP contribution in [-0.4, -0.2) is 15.2 Å². The molecule has 0 saturated carbocycles. The molecule has 0 spiro atoms. The fraction of sp³-hybridized carbons (Fsp3) is 0.200. The summed E-state index contributed by atoms with van der Waals surface area (Å²) in [6.07, 6.45) is 6.29. The van der Waals surface area contributed by atoms with Crippen LogP contribution in [0.5, 0.6) is 0 Å². The van der Waals surface area contributed by atoms with Gasteiger partial charge in [0.05, 0.1) is 22.8 Å². The van der Waals surface area contributed by atoms with E-state index >= 15 is 0 Å². The fourth-order valence-electron chi connectivity index (χ4n) is 3.80. The van der Waals surface area contributed by atoms with E-state index in [0.717, 1.165) is 51.0 Å². The van der Waals surface area contributed by atoms with Crippen LogP contribution in [0.25, 0.3) is 22.4 Å². The second-order valence-corrected chi connectivity index (χ2v) is 7.95. The van der Waals surface area contributed by atoms with E-state index in [2.05, 4.69) is 54.6 Å². The molecule has 0 bridgehead atoms. The van der Waals surface area contributed by atoms with Gasteiger partial charge < -0.3 is 9.73 Å². The molecule has 0 fully saturated rings. The van der Waals surface area contributed by atoms with Gasteiger partial charge >= 0.3 is 0 Å². The molecule has 7 heteroatoms. The normalized spacial score (nSPS) is 16.4. The summed E-state index contributed by atoms with van der Waals surface area (Å²) in [5, 5.41) is 12.9. The van der Waals surface area contributed by atoms with Gasteiger partial charge in [-0.05, 0) is 70.6 Å². The number of anilines is 1. The van der Waals surface area contributed by atoms with Crippen molar-refractivity contribution in [1.82, 2.24) is 15.2 Å². The zero-order valence-corrected chi connectivity index (χ0v) is 16.6. The Balaban J connectivity index is 1.51. The first-order valence-corrected chi connectivity index (χ1v) is 9.98. The molecule has 5 rings (SSSR count). The zero-order valence-electron chi connectivity index (χ0n) is 14.3. The first kappa shape index (κ1) is 16.8. The summed E-state index contributed by atoms with van der Waals surface area (Å²) in [5.74, 6) is 0.651. The molecule has 0 radical (unpaired) electrons. The van der Waals surface area contributed by atoms with Crippen molar-refractivity contribution in [3.05, 3.63) is 63.5 Å². The lowest BCUT2D eigenvalue weighted by Gasteiger charge is -2.28. The molecular formula is C20H16BrClN4O. The van der Waals surface area contributed by atoms with Crippen LogP contribution in [0.1, 0.15) is 30.0 Å². The summed E-state index contributed by atoms with van der Waals surface area (Å²) in [4.78, 5) is 3.99. The van der Waals surface area contributed by atoms with Crippen LogP contribution in [0.15, 0.2) is 51.8 Å². The minimum absolute atomic E-state index is 0.234. The molecule has 2 N–H and O–H groups in total. The van der Waals surface area contributed by atoms with Gasteiger partial charge in [-0.1, -0.05) is 17.7 Å². The van der Waals surface area contributed by atoms with Crippen molar-refractivity contribution in [2.45, 2.75) is 25.3 Å². The monoisotopic (exact) mass is 442 g/mol. The van der Waals surface area contributed by atoms with Gasteiger partial charge in [-0.3, -0.25) is 5.10 Å². The fourth-order valence-corrected chi connectivity index (χ4v) is 4.44. The summed E-state index contributed by atoms with van der Waals surface area (Å²) in [5.41, 5.74) is 5.28. The third-order valence-corrected chi connectivity index (χ3v) is 6.42. The number of benzene rings is 2. The molecule has 1 atom stereocenters. The number of hydrogen-bond donors (Lipinski definition) is 2. The lowest BCUT2D eigenvalue weighted by atomic mass is 9.87. The molecule has 4 aromatic rings. The maximum absolute atomic E-state index is 6.52. The van der Waals surface area contributed by atoms with E-state index in [0.29, 0.717) is 5.76 Å². The third kappa shape index (κ3) is 2.93. The molecule has 0 amide bonds.